The van der Waals surface area contributed by atoms with Crippen LogP contribution in [0.3, 0.4) is 0 Å². The number of sulfonamides is 1. The Labute approximate surface area is 176 Å². The van der Waals surface area contributed by atoms with Gasteiger partial charge in [-0.05, 0) is 56.3 Å². The van der Waals surface area contributed by atoms with E-state index < -0.39 is 21.7 Å². The number of anilines is 2. The average molecular weight is 437 g/mol. The van der Waals surface area contributed by atoms with Gasteiger partial charge in [-0.1, -0.05) is 11.2 Å². The Bertz CT molecular complexity index is 1360. The molecule has 29 heavy (non-hydrogen) atoms. The fraction of sp³-hybridized carbons (Fsp3) is 0.211. The van der Waals surface area contributed by atoms with E-state index in [0.29, 0.717) is 5.56 Å². The second-order valence-corrected chi connectivity index (χ2v) is 8.80. The monoisotopic (exact) mass is 436 g/mol. The first-order chi connectivity index (χ1) is 14.9. The average Bonchev–Trinajstić information content (AvgIpc) is 3.33. The van der Waals surface area contributed by atoms with Crippen LogP contribution in [0.2, 0.25) is 0 Å². The molecule has 0 spiro atoms. The van der Waals surface area contributed by atoms with Gasteiger partial charge in [0.15, 0.2) is 5.78 Å². The topological polar surface area (TPSA) is 118 Å². The van der Waals surface area contributed by atoms with Crippen molar-refractivity contribution >= 4 is 44.6 Å². The van der Waals surface area contributed by atoms with Crippen molar-refractivity contribution in [2.75, 3.05) is 10.0 Å². The highest BCUT2D eigenvalue weighted by Gasteiger charge is 2.27. The molecule has 0 radical (unpaired) electrons. The normalized spacial score (nSPS) is 12.8. The lowest BCUT2D eigenvalue weighted by atomic mass is 10.0. The third-order valence-electron chi connectivity index (χ3n) is 3.95. The quantitative estimate of drug-likeness (QED) is 0.566. The fourth-order valence-corrected chi connectivity index (χ4v) is 4.98. The molecule has 0 saturated carbocycles. The minimum atomic E-state index is -4.27. The van der Waals surface area contributed by atoms with E-state index >= 15 is 0 Å². The number of carbonyl (C=O) groups is 2. The summed E-state index contributed by atoms with van der Waals surface area (Å²) in [6, 6.07) is 1.06. The Kier molecular flexibility index (Phi) is 4.55. The highest BCUT2D eigenvalue weighted by Crippen LogP contribution is 2.29. The molecule has 0 fully saturated rings. The summed E-state index contributed by atoms with van der Waals surface area (Å²) in [6.07, 6.45) is -0.227. The smallest absolute Gasteiger partial charge is 0.267 e. The number of hydrogen-bond donors (Lipinski definition) is 2. The van der Waals surface area contributed by atoms with Gasteiger partial charge in [-0.25, -0.2) is 13.1 Å². The van der Waals surface area contributed by atoms with Gasteiger partial charge in [0.1, 0.15) is 9.77 Å². The zero-order valence-electron chi connectivity index (χ0n) is 19.0. The predicted molar refractivity (Wildman–Crippen MR) is 110 cm³/mol. The van der Waals surface area contributed by atoms with Crippen LogP contribution in [0.1, 0.15) is 47.8 Å². The number of nitrogens with zero attached hydrogens (tertiary/aromatic N) is 1. The van der Waals surface area contributed by atoms with Crippen molar-refractivity contribution in [1.29, 1.82) is 0 Å². The molecule has 152 valence electrons. The van der Waals surface area contributed by atoms with Crippen LogP contribution in [0.25, 0.3) is 0 Å². The summed E-state index contributed by atoms with van der Waals surface area (Å²) < 4.78 is 56.5. The summed E-state index contributed by atoms with van der Waals surface area (Å²) in [5.41, 5.74) is 0.713. The number of Topliss-reactive ketones (excluding diaryl/α,β-unsaturated/α-hetero) is 1. The fourth-order valence-electron chi connectivity index (χ4n) is 2.61. The highest BCUT2D eigenvalue weighted by molar-refractivity contribution is 7.93. The maximum Gasteiger partial charge on any atom is 0.267 e. The molecule has 3 rings (SSSR count). The first-order valence-corrected chi connectivity index (χ1v) is 10.7. The SMILES string of the molecule is [2H]c1noc(NS(=O)(=O)c2ccsc2C(=O)Nc2c(C)c([2H])c(C)c([2H])c2C(C)=O)c1C. The maximum atomic E-state index is 13.0. The lowest BCUT2D eigenvalue weighted by Crippen LogP contribution is -2.20. The minimum Gasteiger partial charge on any atom is -0.338 e. The van der Waals surface area contributed by atoms with Crippen LogP contribution in [-0.4, -0.2) is 25.3 Å². The van der Waals surface area contributed by atoms with E-state index in [1.807, 2.05) is 0 Å². The third-order valence-corrected chi connectivity index (χ3v) is 6.36. The Hall–Kier alpha value is -2.98. The van der Waals surface area contributed by atoms with Crippen LogP contribution >= 0.6 is 11.3 Å². The Morgan fingerprint density at radius 1 is 1.21 bits per heavy atom. The zero-order valence-corrected chi connectivity index (χ0v) is 17.6. The van der Waals surface area contributed by atoms with Crippen molar-refractivity contribution in [2.45, 2.75) is 32.6 Å². The van der Waals surface area contributed by atoms with E-state index in [-0.39, 0.29) is 56.3 Å². The first-order valence-electron chi connectivity index (χ1n) is 9.82. The Balaban J connectivity index is 2.02. The molecule has 1 amide bonds. The molecule has 2 heterocycles. The molecule has 0 aliphatic rings. The summed E-state index contributed by atoms with van der Waals surface area (Å²) >= 11 is 0.862. The Morgan fingerprint density at radius 3 is 2.55 bits per heavy atom. The lowest BCUT2D eigenvalue weighted by Gasteiger charge is -2.14. The number of rotatable bonds is 6. The van der Waals surface area contributed by atoms with Crippen molar-refractivity contribution in [3.63, 3.8) is 0 Å². The number of nitrogens with one attached hydrogen (secondary N) is 2. The van der Waals surface area contributed by atoms with E-state index in [2.05, 4.69) is 15.2 Å². The summed E-state index contributed by atoms with van der Waals surface area (Å²) in [7, 11) is -4.27. The second kappa shape index (κ2) is 7.80. The molecule has 8 nitrogen and oxygen atoms in total. The van der Waals surface area contributed by atoms with Crippen molar-refractivity contribution < 1.29 is 26.6 Å². The molecule has 3 aromatic rings. The number of hydrogen-bond acceptors (Lipinski definition) is 7. The molecule has 2 N–H and O–H groups in total. The van der Waals surface area contributed by atoms with E-state index in [4.69, 9.17) is 8.64 Å². The van der Waals surface area contributed by atoms with Gasteiger partial charge in [-0.2, -0.15) is 0 Å². The van der Waals surface area contributed by atoms with E-state index in [1.165, 1.54) is 32.2 Å². The van der Waals surface area contributed by atoms with Crippen molar-refractivity contribution in [3.05, 3.63) is 56.8 Å². The van der Waals surface area contributed by atoms with Gasteiger partial charge in [0.05, 0.1) is 16.0 Å². The summed E-state index contributed by atoms with van der Waals surface area (Å²) in [4.78, 5) is 24.7. The molecular formula is C19H19N3O5S2. The van der Waals surface area contributed by atoms with Crippen LogP contribution in [0.5, 0.6) is 0 Å². The van der Waals surface area contributed by atoms with Gasteiger partial charge in [0.2, 0.25) is 5.88 Å². The summed E-state index contributed by atoms with van der Waals surface area (Å²) in [5.74, 6) is -1.52. The zero-order chi connectivity index (χ0) is 24.0. The minimum absolute atomic E-state index is 0.00210. The van der Waals surface area contributed by atoms with Gasteiger partial charge in [0, 0.05) is 11.1 Å². The highest BCUT2D eigenvalue weighted by atomic mass is 32.2. The number of aromatic nitrogens is 1. The summed E-state index contributed by atoms with van der Waals surface area (Å²) in [6.45, 7) is 5.78. The second-order valence-electron chi connectivity index (χ2n) is 6.23. The molecule has 0 atom stereocenters. The molecule has 0 aliphatic heterocycles. The summed E-state index contributed by atoms with van der Waals surface area (Å²) in [5, 5.41) is 7.30. The molecule has 0 aliphatic carbocycles. The number of carbonyl (C=O) groups excluding carboxylic acids is 2. The number of thiophene rings is 1. The van der Waals surface area contributed by atoms with Gasteiger partial charge in [-0.15, -0.1) is 11.3 Å². The molecule has 1 aromatic carbocycles. The van der Waals surface area contributed by atoms with E-state index in [9.17, 15) is 18.0 Å². The van der Waals surface area contributed by atoms with E-state index in [0.717, 1.165) is 11.3 Å². The number of ketones is 1. The van der Waals surface area contributed by atoms with Crippen LogP contribution in [0.4, 0.5) is 11.6 Å². The molecule has 2 aromatic heterocycles. The van der Waals surface area contributed by atoms with Gasteiger partial charge < -0.3 is 9.84 Å². The Morgan fingerprint density at radius 2 is 1.93 bits per heavy atom. The van der Waals surface area contributed by atoms with Crippen molar-refractivity contribution in [2.24, 2.45) is 0 Å². The third kappa shape index (κ3) is 4.22. The van der Waals surface area contributed by atoms with Gasteiger partial charge >= 0.3 is 0 Å². The van der Waals surface area contributed by atoms with Crippen LogP contribution in [0.15, 0.2) is 39.1 Å². The molecule has 10 heteroatoms. The molecule has 0 unspecified atom stereocenters. The molecule has 0 saturated heterocycles. The largest absolute Gasteiger partial charge is 0.338 e. The maximum absolute atomic E-state index is 13.0. The van der Waals surface area contributed by atoms with Crippen LogP contribution in [-0.2, 0) is 10.0 Å². The van der Waals surface area contributed by atoms with Crippen LogP contribution < -0.4 is 10.0 Å². The molecular weight excluding hydrogens is 414 g/mol. The van der Waals surface area contributed by atoms with Gasteiger partial charge in [-0.3, -0.25) is 9.59 Å². The van der Waals surface area contributed by atoms with Crippen molar-refractivity contribution in [1.82, 2.24) is 5.16 Å². The first kappa shape index (κ1) is 16.9. The lowest BCUT2D eigenvalue weighted by molar-refractivity contribution is 0.101. The number of amides is 1. The van der Waals surface area contributed by atoms with Crippen molar-refractivity contribution in [3.8, 4) is 0 Å². The van der Waals surface area contributed by atoms with E-state index in [1.54, 1.807) is 6.92 Å². The molecule has 0 bridgehead atoms. The number of benzene rings is 1. The van der Waals surface area contributed by atoms with Crippen LogP contribution in [0, 0.1) is 20.8 Å². The van der Waals surface area contributed by atoms with Gasteiger partial charge in [0.25, 0.3) is 15.9 Å². The predicted octanol–water partition coefficient (Wildman–Crippen LogP) is 3.92. The standard InChI is InChI=1S/C19H19N3O5S2/c1-10-7-11(2)16(14(8-10)13(4)23)21-18(24)17-15(5-6-28-17)29(25,26)22-19-12(3)9-20-27-19/h5-9,22H,1-4H3,(H,21,24)/i7D,8D,9D.